The number of amides is 2. The first-order valence-corrected chi connectivity index (χ1v) is 10.0. The number of methoxy groups -OCH3 is 1. The Kier molecular flexibility index (Phi) is 6.22. The Hall–Kier alpha value is -4.34. The third-order valence-corrected chi connectivity index (χ3v) is 4.99. The van der Waals surface area contributed by atoms with Gasteiger partial charge in [0.05, 0.1) is 19.2 Å². The van der Waals surface area contributed by atoms with Crippen LogP contribution in [0.3, 0.4) is 0 Å². The SMILES string of the molecule is COc1ccc(C2=C(Nc3ccc(OC(F)(F)F)cc3)C(=O)N(Cc3ccncc3)C2=O)cc1. The van der Waals surface area contributed by atoms with Crippen molar-refractivity contribution in [3.63, 3.8) is 0 Å². The summed E-state index contributed by atoms with van der Waals surface area (Å²) in [5, 5.41) is 2.89. The highest BCUT2D eigenvalue weighted by Gasteiger charge is 2.39. The van der Waals surface area contributed by atoms with Gasteiger partial charge in [0.2, 0.25) is 0 Å². The van der Waals surface area contributed by atoms with Crippen molar-refractivity contribution < 1.29 is 32.2 Å². The van der Waals surface area contributed by atoms with Crippen molar-refractivity contribution in [2.75, 3.05) is 12.4 Å². The van der Waals surface area contributed by atoms with Crippen LogP contribution in [0.2, 0.25) is 0 Å². The highest BCUT2D eigenvalue weighted by molar-refractivity contribution is 6.36. The molecule has 2 aromatic carbocycles. The van der Waals surface area contributed by atoms with Crippen LogP contribution < -0.4 is 14.8 Å². The van der Waals surface area contributed by atoms with Gasteiger partial charge < -0.3 is 14.8 Å². The van der Waals surface area contributed by atoms with E-state index in [2.05, 4.69) is 15.0 Å². The van der Waals surface area contributed by atoms with Crippen LogP contribution in [0.25, 0.3) is 5.57 Å². The maximum Gasteiger partial charge on any atom is 0.573 e. The zero-order valence-electron chi connectivity index (χ0n) is 17.8. The van der Waals surface area contributed by atoms with Gasteiger partial charge in [0.25, 0.3) is 11.8 Å². The number of rotatable bonds is 7. The number of aromatic nitrogens is 1. The number of carbonyl (C=O) groups is 2. The Balaban J connectivity index is 1.67. The third-order valence-electron chi connectivity index (χ3n) is 4.99. The molecule has 0 radical (unpaired) electrons. The smallest absolute Gasteiger partial charge is 0.497 e. The lowest BCUT2D eigenvalue weighted by Gasteiger charge is -2.15. The fourth-order valence-corrected chi connectivity index (χ4v) is 3.42. The number of nitrogens with one attached hydrogen (secondary N) is 1. The molecule has 2 heterocycles. The summed E-state index contributed by atoms with van der Waals surface area (Å²) in [4.78, 5) is 31.6. The molecule has 34 heavy (non-hydrogen) atoms. The molecule has 0 bridgehead atoms. The minimum Gasteiger partial charge on any atom is -0.497 e. The average Bonchev–Trinajstić information content (AvgIpc) is 3.04. The van der Waals surface area contributed by atoms with Gasteiger partial charge in [-0.3, -0.25) is 19.5 Å². The lowest BCUT2D eigenvalue weighted by atomic mass is 10.0. The molecule has 0 atom stereocenters. The number of nitrogens with zero attached hydrogens (tertiary/aromatic N) is 2. The zero-order chi connectivity index (χ0) is 24.3. The molecule has 174 valence electrons. The van der Waals surface area contributed by atoms with E-state index >= 15 is 0 Å². The number of anilines is 1. The van der Waals surface area contributed by atoms with Gasteiger partial charge in [0.15, 0.2) is 0 Å². The number of benzene rings is 2. The Morgan fingerprint density at radius 3 is 2.09 bits per heavy atom. The molecule has 7 nitrogen and oxygen atoms in total. The number of imide groups is 1. The van der Waals surface area contributed by atoms with Crippen molar-refractivity contribution in [1.29, 1.82) is 0 Å². The van der Waals surface area contributed by atoms with Crippen LogP contribution >= 0.6 is 0 Å². The van der Waals surface area contributed by atoms with Gasteiger partial charge in [-0.25, -0.2) is 0 Å². The molecule has 3 aromatic rings. The van der Waals surface area contributed by atoms with Crippen molar-refractivity contribution in [1.82, 2.24) is 9.88 Å². The Bertz CT molecular complexity index is 1230. The topological polar surface area (TPSA) is 80.8 Å². The molecule has 1 aliphatic rings. The van der Waals surface area contributed by atoms with Crippen molar-refractivity contribution in [2.24, 2.45) is 0 Å². The molecule has 4 rings (SSSR count). The first-order valence-electron chi connectivity index (χ1n) is 10.0. The summed E-state index contributed by atoms with van der Waals surface area (Å²) in [6.45, 7) is 0.0311. The molecule has 0 fully saturated rings. The van der Waals surface area contributed by atoms with Crippen LogP contribution in [-0.4, -0.2) is 35.2 Å². The summed E-state index contributed by atoms with van der Waals surface area (Å²) in [5.74, 6) is -0.908. The second-order valence-electron chi connectivity index (χ2n) is 7.23. The fraction of sp³-hybridized carbons (Fsp3) is 0.125. The molecular formula is C24H18F3N3O4. The molecule has 0 aliphatic carbocycles. The Labute approximate surface area is 192 Å². The lowest BCUT2D eigenvalue weighted by Crippen LogP contribution is -2.32. The number of alkyl halides is 3. The number of hydrogen-bond donors (Lipinski definition) is 1. The minimum absolute atomic E-state index is 0.00807. The second kappa shape index (κ2) is 9.26. The van der Waals surface area contributed by atoms with Crippen LogP contribution in [0.1, 0.15) is 11.1 Å². The number of halogens is 3. The van der Waals surface area contributed by atoms with Crippen LogP contribution in [0.4, 0.5) is 18.9 Å². The summed E-state index contributed by atoms with van der Waals surface area (Å²) in [5.41, 5.74) is 1.64. The molecule has 2 amide bonds. The molecule has 10 heteroatoms. The molecule has 1 N–H and O–H groups in total. The predicted octanol–water partition coefficient (Wildman–Crippen LogP) is 4.38. The van der Waals surface area contributed by atoms with E-state index in [1.807, 2.05) is 0 Å². The number of pyridine rings is 1. The molecule has 0 spiro atoms. The van der Waals surface area contributed by atoms with E-state index in [1.54, 1.807) is 48.8 Å². The van der Waals surface area contributed by atoms with Gasteiger partial charge in [0.1, 0.15) is 17.2 Å². The third kappa shape index (κ3) is 5.01. The van der Waals surface area contributed by atoms with Crippen molar-refractivity contribution >= 4 is 23.1 Å². The van der Waals surface area contributed by atoms with Crippen molar-refractivity contribution in [3.8, 4) is 11.5 Å². The van der Waals surface area contributed by atoms with Gasteiger partial charge in [-0.05, 0) is 59.7 Å². The van der Waals surface area contributed by atoms with Crippen molar-refractivity contribution in [3.05, 3.63) is 89.9 Å². The Morgan fingerprint density at radius 2 is 1.50 bits per heavy atom. The van der Waals surface area contributed by atoms with E-state index in [0.29, 0.717) is 22.6 Å². The van der Waals surface area contributed by atoms with E-state index in [4.69, 9.17) is 4.74 Å². The molecule has 0 unspecified atom stereocenters. The van der Waals surface area contributed by atoms with E-state index in [-0.39, 0.29) is 17.8 Å². The summed E-state index contributed by atoms with van der Waals surface area (Å²) < 4.78 is 46.3. The molecule has 0 saturated carbocycles. The maximum atomic E-state index is 13.3. The highest BCUT2D eigenvalue weighted by Crippen LogP contribution is 2.33. The number of ether oxygens (including phenoxy) is 2. The van der Waals surface area contributed by atoms with Gasteiger partial charge in [-0.1, -0.05) is 12.1 Å². The van der Waals surface area contributed by atoms with Crippen LogP contribution in [-0.2, 0) is 16.1 Å². The lowest BCUT2D eigenvalue weighted by molar-refractivity contribution is -0.274. The highest BCUT2D eigenvalue weighted by atomic mass is 19.4. The summed E-state index contributed by atoms with van der Waals surface area (Å²) in [6, 6.07) is 14.9. The summed E-state index contributed by atoms with van der Waals surface area (Å²) >= 11 is 0. The van der Waals surface area contributed by atoms with Crippen molar-refractivity contribution in [2.45, 2.75) is 12.9 Å². The first-order chi connectivity index (χ1) is 16.2. The quantitative estimate of drug-likeness (QED) is 0.518. The van der Waals surface area contributed by atoms with Crippen LogP contribution in [0.15, 0.2) is 78.8 Å². The maximum absolute atomic E-state index is 13.3. The number of hydrogen-bond acceptors (Lipinski definition) is 6. The minimum atomic E-state index is -4.82. The molecule has 1 aliphatic heterocycles. The monoisotopic (exact) mass is 469 g/mol. The van der Waals surface area contributed by atoms with E-state index in [1.165, 1.54) is 19.2 Å². The van der Waals surface area contributed by atoms with Gasteiger partial charge in [-0.2, -0.15) is 0 Å². The van der Waals surface area contributed by atoms with Crippen LogP contribution in [0.5, 0.6) is 11.5 Å². The number of carbonyl (C=O) groups excluding carboxylic acids is 2. The van der Waals surface area contributed by atoms with Gasteiger partial charge >= 0.3 is 6.36 Å². The normalized spacial score (nSPS) is 13.9. The zero-order valence-corrected chi connectivity index (χ0v) is 17.8. The van der Waals surface area contributed by atoms with Crippen LogP contribution in [0, 0.1) is 0 Å². The molecular weight excluding hydrogens is 451 g/mol. The Morgan fingerprint density at radius 1 is 0.882 bits per heavy atom. The summed E-state index contributed by atoms with van der Waals surface area (Å²) in [7, 11) is 1.51. The summed E-state index contributed by atoms with van der Waals surface area (Å²) in [6.07, 6.45) is -1.70. The van der Waals surface area contributed by atoms with E-state index in [9.17, 15) is 22.8 Å². The standard InChI is InChI=1S/C24H18F3N3O4/c1-33-18-6-2-16(3-7-18)20-21(29-17-4-8-19(9-5-17)34-24(25,26)27)23(32)30(22(20)31)14-15-10-12-28-13-11-15/h2-13,29H,14H2,1H3. The van der Waals surface area contributed by atoms with E-state index < -0.39 is 23.9 Å². The first kappa shape index (κ1) is 22.8. The molecule has 1 aromatic heterocycles. The average molecular weight is 469 g/mol. The largest absolute Gasteiger partial charge is 0.573 e. The fourth-order valence-electron chi connectivity index (χ4n) is 3.42. The second-order valence-corrected chi connectivity index (χ2v) is 7.23. The van der Waals surface area contributed by atoms with Gasteiger partial charge in [-0.15, -0.1) is 13.2 Å². The molecule has 0 saturated heterocycles. The van der Waals surface area contributed by atoms with Gasteiger partial charge in [0, 0.05) is 18.1 Å². The predicted molar refractivity (Wildman–Crippen MR) is 116 cm³/mol. The van der Waals surface area contributed by atoms with E-state index in [0.717, 1.165) is 17.0 Å².